The van der Waals surface area contributed by atoms with Crippen molar-refractivity contribution >= 4 is 5.97 Å². The average Bonchev–Trinajstić information content (AvgIpc) is 2.94. The molecule has 0 bridgehead atoms. The molecule has 0 aliphatic heterocycles. The number of aryl methyl sites for hydroxylation is 1. The molecule has 1 aromatic carbocycles. The van der Waals surface area contributed by atoms with Gasteiger partial charge in [-0.15, -0.1) is 5.10 Å². The molecule has 0 aliphatic carbocycles. The summed E-state index contributed by atoms with van der Waals surface area (Å²) >= 11 is 0. The van der Waals surface area contributed by atoms with E-state index in [4.69, 9.17) is 14.6 Å². The average molecular weight is 291 g/mol. The Labute approximate surface area is 122 Å². The Kier molecular flexibility index (Phi) is 5.14. The number of aliphatic carboxylic acids is 1. The van der Waals surface area contributed by atoms with Crippen LogP contribution in [0.25, 0.3) is 0 Å². The smallest absolute Gasteiger partial charge is 0.303 e. The molecule has 0 spiro atoms. The van der Waals surface area contributed by atoms with Crippen LogP contribution in [-0.4, -0.2) is 39.8 Å². The van der Waals surface area contributed by atoms with E-state index < -0.39 is 5.97 Å². The van der Waals surface area contributed by atoms with Crippen molar-refractivity contribution in [2.24, 2.45) is 0 Å². The third kappa shape index (κ3) is 4.79. The van der Waals surface area contributed by atoms with Crippen molar-refractivity contribution in [3.05, 3.63) is 36.2 Å². The molecule has 2 aromatic rings. The summed E-state index contributed by atoms with van der Waals surface area (Å²) in [6.07, 6.45) is 2.18. The minimum absolute atomic E-state index is 0.0566. The number of hydrogen-bond donors (Lipinski definition) is 1. The largest absolute Gasteiger partial charge is 0.497 e. The number of hydrogen-bond acceptors (Lipinski definition) is 5. The fourth-order valence-electron chi connectivity index (χ4n) is 1.73. The Balaban J connectivity index is 1.76. The van der Waals surface area contributed by atoms with Gasteiger partial charge in [0.15, 0.2) is 0 Å². The number of aromatic nitrogens is 3. The molecule has 0 fully saturated rings. The van der Waals surface area contributed by atoms with E-state index in [1.165, 1.54) is 0 Å². The van der Waals surface area contributed by atoms with E-state index in [9.17, 15) is 4.79 Å². The summed E-state index contributed by atoms with van der Waals surface area (Å²) < 4.78 is 12.3. The summed E-state index contributed by atoms with van der Waals surface area (Å²) in [5.41, 5.74) is 0.668. The fourth-order valence-corrected chi connectivity index (χ4v) is 1.73. The Bertz CT molecular complexity index is 580. The highest BCUT2D eigenvalue weighted by atomic mass is 16.5. The molecule has 1 N–H and O–H groups in total. The number of methoxy groups -OCH3 is 1. The van der Waals surface area contributed by atoms with Gasteiger partial charge in [-0.3, -0.25) is 4.79 Å². The number of carbonyl (C=O) groups is 1. The summed E-state index contributed by atoms with van der Waals surface area (Å²) in [7, 11) is 1.61. The molecule has 0 aliphatic rings. The number of nitrogens with zero attached hydrogens (tertiary/aromatic N) is 3. The maximum atomic E-state index is 10.5. The van der Waals surface area contributed by atoms with Crippen LogP contribution in [-0.2, 0) is 17.8 Å². The van der Waals surface area contributed by atoms with Crippen LogP contribution in [0.2, 0.25) is 0 Å². The van der Waals surface area contributed by atoms with E-state index in [2.05, 4.69) is 10.3 Å². The lowest BCUT2D eigenvalue weighted by molar-refractivity contribution is -0.136. The lowest BCUT2D eigenvalue weighted by atomic mass is 10.2. The van der Waals surface area contributed by atoms with Gasteiger partial charge in [0.05, 0.1) is 25.8 Å². The Morgan fingerprint density at radius 3 is 2.67 bits per heavy atom. The van der Waals surface area contributed by atoms with E-state index >= 15 is 0 Å². The van der Waals surface area contributed by atoms with E-state index in [-0.39, 0.29) is 6.42 Å². The van der Waals surface area contributed by atoms with Crippen LogP contribution in [0.1, 0.15) is 12.1 Å². The third-order valence-electron chi connectivity index (χ3n) is 2.83. The standard InChI is InChI=1S/C14H17N3O4/c1-20-12-3-5-13(6-4-12)21-9-8-17-10-11(15-16-17)2-7-14(18)19/h3-6,10H,2,7-9H2,1H3,(H,18,19). The van der Waals surface area contributed by atoms with E-state index in [0.717, 1.165) is 11.5 Å². The van der Waals surface area contributed by atoms with Gasteiger partial charge in [0, 0.05) is 12.6 Å². The zero-order valence-corrected chi connectivity index (χ0v) is 11.7. The SMILES string of the molecule is COc1ccc(OCCn2cc(CCC(=O)O)nn2)cc1. The van der Waals surface area contributed by atoms with Gasteiger partial charge in [-0.25, -0.2) is 4.68 Å². The summed E-state index contributed by atoms with van der Waals surface area (Å²) in [6.45, 7) is 1.00. The number of benzene rings is 1. The van der Waals surface area contributed by atoms with E-state index in [0.29, 0.717) is 25.3 Å². The second kappa shape index (κ2) is 7.28. The molecule has 0 radical (unpaired) electrons. The molecule has 1 aromatic heterocycles. The Morgan fingerprint density at radius 2 is 2.00 bits per heavy atom. The van der Waals surface area contributed by atoms with Gasteiger partial charge in [-0.05, 0) is 24.3 Å². The van der Waals surface area contributed by atoms with Crippen LogP contribution in [0.15, 0.2) is 30.5 Å². The maximum absolute atomic E-state index is 10.5. The molecule has 112 valence electrons. The van der Waals surface area contributed by atoms with Gasteiger partial charge < -0.3 is 14.6 Å². The van der Waals surface area contributed by atoms with Gasteiger partial charge in [0.2, 0.25) is 0 Å². The quantitative estimate of drug-likeness (QED) is 0.790. The molecule has 0 amide bonds. The maximum Gasteiger partial charge on any atom is 0.303 e. The van der Waals surface area contributed by atoms with Crippen molar-refractivity contribution in [1.82, 2.24) is 15.0 Å². The predicted molar refractivity (Wildman–Crippen MR) is 74.5 cm³/mol. The fraction of sp³-hybridized carbons (Fsp3) is 0.357. The van der Waals surface area contributed by atoms with Crippen molar-refractivity contribution in [3.8, 4) is 11.5 Å². The minimum atomic E-state index is -0.840. The highest BCUT2D eigenvalue weighted by Gasteiger charge is 2.04. The van der Waals surface area contributed by atoms with Crippen LogP contribution in [0.5, 0.6) is 11.5 Å². The molecule has 7 nitrogen and oxygen atoms in total. The van der Waals surface area contributed by atoms with Gasteiger partial charge in [-0.2, -0.15) is 0 Å². The predicted octanol–water partition coefficient (Wildman–Crippen LogP) is 1.38. The molecule has 21 heavy (non-hydrogen) atoms. The van der Waals surface area contributed by atoms with Crippen LogP contribution < -0.4 is 9.47 Å². The number of ether oxygens (including phenoxy) is 2. The Hall–Kier alpha value is -2.57. The van der Waals surface area contributed by atoms with Crippen LogP contribution >= 0.6 is 0 Å². The highest BCUT2D eigenvalue weighted by Crippen LogP contribution is 2.16. The van der Waals surface area contributed by atoms with Crippen molar-refractivity contribution in [2.75, 3.05) is 13.7 Å². The molecule has 0 saturated heterocycles. The molecular formula is C14H17N3O4. The number of rotatable bonds is 8. The van der Waals surface area contributed by atoms with Gasteiger partial charge in [0.1, 0.15) is 18.1 Å². The zero-order valence-electron chi connectivity index (χ0n) is 11.7. The van der Waals surface area contributed by atoms with Gasteiger partial charge in [-0.1, -0.05) is 5.21 Å². The molecule has 7 heteroatoms. The van der Waals surface area contributed by atoms with E-state index in [1.54, 1.807) is 18.0 Å². The lowest BCUT2D eigenvalue weighted by Crippen LogP contribution is -2.08. The normalized spacial score (nSPS) is 10.3. The van der Waals surface area contributed by atoms with Gasteiger partial charge in [0.25, 0.3) is 0 Å². The second-order valence-corrected chi connectivity index (χ2v) is 4.39. The van der Waals surface area contributed by atoms with Crippen LogP contribution in [0.4, 0.5) is 0 Å². The number of carboxylic acids is 1. The number of carboxylic acid groups (broad SMARTS) is 1. The van der Waals surface area contributed by atoms with Crippen molar-refractivity contribution in [1.29, 1.82) is 0 Å². The first-order valence-corrected chi connectivity index (χ1v) is 6.55. The third-order valence-corrected chi connectivity index (χ3v) is 2.83. The van der Waals surface area contributed by atoms with Crippen LogP contribution in [0.3, 0.4) is 0 Å². The summed E-state index contributed by atoms with van der Waals surface area (Å²) in [5, 5.41) is 16.4. The highest BCUT2D eigenvalue weighted by molar-refractivity contribution is 5.66. The summed E-state index contributed by atoms with van der Waals surface area (Å²) in [4.78, 5) is 10.5. The first kappa shape index (κ1) is 14.8. The monoisotopic (exact) mass is 291 g/mol. The van der Waals surface area contributed by atoms with E-state index in [1.807, 2.05) is 24.3 Å². The summed E-state index contributed by atoms with van der Waals surface area (Å²) in [5.74, 6) is 0.691. The second-order valence-electron chi connectivity index (χ2n) is 4.39. The molecule has 0 unspecified atom stereocenters. The van der Waals surface area contributed by atoms with Crippen molar-refractivity contribution in [2.45, 2.75) is 19.4 Å². The van der Waals surface area contributed by atoms with Gasteiger partial charge >= 0.3 is 5.97 Å². The van der Waals surface area contributed by atoms with Crippen molar-refractivity contribution < 1.29 is 19.4 Å². The Morgan fingerprint density at radius 1 is 1.29 bits per heavy atom. The molecule has 2 rings (SSSR count). The first-order valence-electron chi connectivity index (χ1n) is 6.55. The molecule has 1 heterocycles. The molecular weight excluding hydrogens is 274 g/mol. The summed E-state index contributed by atoms with van der Waals surface area (Å²) in [6, 6.07) is 7.32. The molecule has 0 atom stereocenters. The first-order chi connectivity index (χ1) is 10.2. The van der Waals surface area contributed by atoms with Crippen molar-refractivity contribution in [3.63, 3.8) is 0 Å². The zero-order chi connectivity index (χ0) is 15.1. The van der Waals surface area contributed by atoms with Crippen LogP contribution in [0, 0.1) is 0 Å². The topological polar surface area (TPSA) is 86.5 Å². The molecule has 0 saturated carbocycles. The minimum Gasteiger partial charge on any atom is -0.497 e. The lowest BCUT2D eigenvalue weighted by Gasteiger charge is -2.06.